The van der Waals surface area contributed by atoms with Gasteiger partial charge >= 0.3 is 0 Å². The SMILES string of the molecule is CCC(=O)NNC(=O)C1CC(NC(=O)C2C=C(c3ccccc3)ON2)C1. The normalized spacial score (nSPS) is 23.9. The van der Waals surface area contributed by atoms with Gasteiger partial charge in [-0.25, -0.2) is 0 Å². The minimum Gasteiger partial charge on any atom is -0.407 e. The molecule has 0 bridgehead atoms. The zero-order valence-corrected chi connectivity index (χ0v) is 14.5. The molecule has 1 unspecified atom stereocenters. The Morgan fingerprint density at radius 1 is 1.12 bits per heavy atom. The number of hydroxylamine groups is 1. The highest BCUT2D eigenvalue weighted by Crippen LogP contribution is 2.28. The van der Waals surface area contributed by atoms with E-state index < -0.39 is 6.04 Å². The van der Waals surface area contributed by atoms with E-state index in [9.17, 15) is 14.4 Å². The Hall–Kier alpha value is -2.87. The Balaban J connectivity index is 1.42. The second kappa shape index (κ2) is 8.01. The molecule has 8 nitrogen and oxygen atoms in total. The molecule has 3 rings (SSSR count). The maximum Gasteiger partial charge on any atom is 0.244 e. The van der Waals surface area contributed by atoms with Crippen molar-refractivity contribution in [1.29, 1.82) is 0 Å². The van der Waals surface area contributed by atoms with Crippen LogP contribution >= 0.6 is 0 Å². The molecule has 8 heteroatoms. The van der Waals surface area contributed by atoms with E-state index in [-0.39, 0.29) is 29.7 Å². The van der Waals surface area contributed by atoms with Crippen molar-refractivity contribution in [1.82, 2.24) is 21.6 Å². The number of carbonyl (C=O) groups excluding carboxylic acids is 3. The number of carbonyl (C=O) groups is 3. The number of hydrogen-bond acceptors (Lipinski definition) is 5. The van der Waals surface area contributed by atoms with Crippen LogP contribution in [0, 0.1) is 5.92 Å². The Bertz CT molecular complexity index is 713. The van der Waals surface area contributed by atoms with Crippen LogP contribution in [0.2, 0.25) is 0 Å². The first-order valence-electron chi connectivity index (χ1n) is 8.65. The zero-order valence-electron chi connectivity index (χ0n) is 14.5. The van der Waals surface area contributed by atoms with Gasteiger partial charge in [0, 0.05) is 23.9 Å². The van der Waals surface area contributed by atoms with Crippen molar-refractivity contribution in [3.8, 4) is 0 Å². The van der Waals surface area contributed by atoms with Crippen molar-refractivity contribution < 1.29 is 19.2 Å². The summed E-state index contributed by atoms with van der Waals surface area (Å²) in [6.45, 7) is 1.70. The van der Waals surface area contributed by atoms with E-state index >= 15 is 0 Å². The minimum atomic E-state index is -0.568. The van der Waals surface area contributed by atoms with Crippen LogP contribution in [0.5, 0.6) is 0 Å². The Labute approximate surface area is 151 Å². The molecule has 0 aromatic heterocycles. The fourth-order valence-corrected chi connectivity index (χ4v) is 2.80. The smallest absolute Gasteiger partial charge is 0.244 e. The van der Waals surface area contributed by atoms with Crippen LogP contribution in [0.4, 0.5) is 0 Å². The van der Waals surface area contributed by atoms with Crippen LogP contribution in [-0.2, 0) is 19.2 Å². The second-order valence-electron chi connectivity index (χ2n) is 6.36. The van der Waals surface area contributed by atoms with E-state index in [1.165, 1.54) is 0 Å². The third kappa shape index (κ3) is 4.20. The predicted molar refractivity (Wildman–Crippen MR) is 93.7 cm³/mol. The van der Waals surface area contributed by atoms with E-state index in [4.69, 9.17) is 4.84 Å². The highest BCUT2D eigenvalue weighted by atomic mass is 16.7. The van der Waals surface area contributed by atoms with Gasteiger partial charge in [-0.15, -0.1) is 5.48 Å². The van der Waals surface area contributed by atoms with Gasteiger partial charge < -0.3 is 10.2 Å². The van der Waals surface area contributed by atoms with E-state index in [1.807, 2.05) is 30.3 Å². The van der Waals surface area contributed by atoms with Crippen molar-refractivity contribution in [2.75, 3.05) is 0 Å². The Morgan fingerprint density at radius 2 is 1.85 bits per heavy atom. The minimum absolute atomic E-state index is 0.0592. The summed E-state index contributed by atoms with van der Waals surface area (Å²) < 4.78 is 0. The number of nitrogens with one attached hydrogen (secondary N) is 4. The lowest BCUT2D eigenvalue weighted by Gasteiger charge is -2.35. The maximum atomic E-state index is 12.3. The van der Waals surface area contributed by atoms with Gasteiger partial charge in [0.1, 0.15) is 6.04 Å². The van der Waals surface area contributed by atoms with Crippen LogP contribution in [0.3, 0.4) is 0 Å². The molecule has 1 atom stereocenters. The zero-order chi connectivity index (χ0) is 18.5. The molecule has 1 fully saturated rings. The van der Waals surface area contributed by atoms with E-state index in [0.717, 1.165) is 5.56 Å². The summed E-state index contributed by atoms with van der Waals surface area (Å²) in [5.41, 5.74) is 8.33. The topological polar surface area (TPSA) is 109 Å². The van der Waals surface area contributed by atoms with Gasteiger partial charge in [0.2, 0.25) is 17.7 Å². The summed E-state index contributed by atoms with van der Waals surface area (Å²) in [7, 11) is 0. The molecule has 138 valence electrons. The van der Waals surface area contributed by atoms with Crippen LogP contribution in [0.25, 0.3) is 5.76 Å². The third-order valence-electron chi connectivity index (χ3n) is 4.46. The monoisotopic (exact) mass is 358 g/mol. The molecule has 1 aromatic rings. The fourth-order valence-electron chi connectivity index (χ4n) is 2.80. The van der Waals surface area contributed by atoms with Gasteiger partial charge in [0.25, 0.3) is 0 Å². The van der Waals surface area contributed by atoms with E-state index in [1.54, 1.807) is 13.0 Å². The van der Waals surface area contributed by atoms with Crippen molar-refractivity contribution in [2.24, 2.45) is 5.92 Å². The predicted octanol–water partition coefficient (Wildman–Crippen LogP) is 0.383. The van der Waals surface area contributed by atoms with Crippen molar-refractivity contribution in [2.45, 2.75) is 38.3 Å². The van der Waals surface area contributed by atoms with Gasteiger partial charge in [-0.2, -0.15) is 0 Å². The molecule has 2 aliphatic rings. The van der Waals surface area contributed by atoms with Crippen LogP contribution in [0.1, 0.15) is 31.7 Å². The fraction of sp³-hybridized carbons (Fsp3) is 0.389. The summed E-state index contributed by atoms with van der Waals surface area (Å²) in [6.07, 6.45) is 3.12. The molecule has 0 spiro atoms. The quantitative estimate of drug-likeness (QED) is 0.569. The highest BCUT2D eigenvalue weighted by Gasteiger charge is 2.37. The number of amides is 3. The molecule has 1 heterocycles. The molecular weight excluding hydrogens is 336 g/mol. The second-order valence-corrected chi connectivity index (χ2v) is 6.36. The van der Waals surface area contributed by atoms with Gasteiger partial charge in [0.05, 0.1) is 0 Å². The van der Waals surface area contributed by atoms with Crippen molar-refractivity contribution in [3.05, 3.63) is 42.0 Å². The lowest BCUT2D eigenvalue weighted by molar-refractivity contribution is -0.134. The van der Waals surface area contributed by atoms with Gasteiger partial charge in [-0.1, -0.05) is 37.3 Å². The van der Waals surface area contributed by atoms with Crippen LogP contribution in [-0.4, -0.2) is 29.8 Å². The van der Waals surface area contributed by atoms with Gasteiger partial charge in [-0.05, 0) is 18.9 Å². The largest absolute Gasteiger partial charge is 0.407 e. The van der Waals surface area contributed by atoms with E-state index in [0.29, 0.717) is 25.0 Å². The number of rotatable bonds is 5. The summed E-state index contributed by atoms with van der Waals surface area (Å²) in [6, 6.07) is 8.89. The molecule has 1 saturated carbocycles. The highest BCUT2D eigenvalue weighted by molar-refractivity contribution is 5.87. The standard InChI is InChI=1S/C18H22N4O4/c1-2-16(23)20-21-17(24)12-8-13(9-12)19-18(25)14-10-15(26-22-14)11-6-4-3-5-7-11/h3-7,10,12-14,22H,2,8-9H2,1H3,(H,19,25)(H,20,23)(H,21,24). The van der Waals surface area contributed by atoms with Crippen molar-refractivity contribution in [3.63, 3.8) is 0 Å². The summed E-state index contributed by atoms with van der Waals surface area (Å²) in [5.74, 6) is -0.259. The first kappa shape index (κ1) is 17.9. The third-order valence-corrected chi connectivity index (χ3v) is 4.46. The Morgan fingerprint density at radius 3 is 2.54 bits per heavy atom. The lowest BCUT2D eigenvalue weighted by atomic mass is 9.79. The number of hydrazine groups is 1. The molecule has 0 saturated heterocycles. The maximum absolute atomic E-state index is 12.3. The first-order valence-corrected chi connectivity index (χ1v) is 8.65. The lowest BCUT2D eigenvalue weighted by Crippen LogP contribution is -2.54. The van der Waals surface area contributed by atoms with Gasteiger partial charge in [0.15, 0.2) is 5.76 Å². The molecule has 1 aliphatic carbocycles. The van der Waals surface area contributed by atoms with E-state index in [2.05, 4.69) is 21.6 Å². The molecule has 1 aliphatic heterocycles. The molecule has 3 amide bonds. The molecular formula is C18H22N4O4. The first-order chi connectivity index (χ1) is 12.6. The average molecular weight is 358 g/mol. The summed E-state index contributed by atoms with van der Waals surface area (Å²) in [4.78, 5) is 40.7. The van der Waals surface area contributed by atoms with Crippen LogP contribution < -0.4 is 21.6 Å². The number of benzene rings is 1. The number of hydrogen-bond donors (Lipinski definition) is 4. The average Bonchev–Trinajstić information content (AvgIpc) is 3.13. The summed E-state index contributed by atoms with van der Waals surface area (Å²) in [5, 5.41) is 2.90. The summed E-state index contributed by atoms with van der Waals surface area (Å²) >= 11 is 0. The molecule has 4 N–H and O–H groups in total. The molecule has 0 radical (unpaired) electrons. The molecule has 1 aromatic carbocycles. The Kier molecular flexibility index (Phi) is 5.52. The molecule has 26 heavy (non-hydrogen) atoms. The van der Waals surface area contributed by atoms with Gasteiger partial charge in [-0.3, -0.25) is 25.2 Å². The van der Waals surface area contributed by atoms with Crippen molar-refractivity contribution >= 4 is 23.5 Å². The van der Waals surface area contributed by atoms with Crippen LogP contribution in [0.15, 0.2) is 36.4 Å².